The van der Waals surface area contributed by atoms with Gasteiger partial charge in [-0.25, -0.2) is 4.79 Å². The normalized spacial score (nSPS) is 22.7. The van der Waals surface area contributed by atoms with Crippen LogP contribution in [0.4, 0.5) is 0 Å². The Bertz CT molecular complexity index is 247. The highest BCUT2D eigenvalue weighted by atomic mass is 16.6. The average Bonchev–Trinajstić information content (AvgIpc) is 2.52. The van der Waals surface area contributed by atoms with Gasteiger partial charge in [0.15, 0.2) is 0 Å². The lowest BCUT2D eigenvalue weighted by Crippen LogP contribution is -2.29. The van der Waals surface area contributed by atoms with Crippen LogP contribution in [-0.4, -0.2) is 24.6 Å². The minimum atomic E-state index is -0.676. The molecule has 1 rings (SSSR count). The zero-order chi connectivity index (χ0) is 11.4. The number of esters is 2. The molecule has 2 atom stereocenters. The first kappa shape index (κ1) is 12.0. The van der Waals surface area contributed by atoms with E-state index >= 15 is 0 Å². The lowest BCUT2D eigenvalue weighted by atomic mass is 9.93. The van der Waals surface area contributed by atoms with Gasteiger partial charge in [-0.2, -0.15) is 0 Å². The summed E-state index contributed by atoms with van der Waals surface area (Å²) in [7, 11) is 0. The van der Waals surface area contributed by atoms with Crippen molar-refractivity contribution >= 4 is 11.9 Å². The number of rotatable bonds is 4. The van der Waals surface area contributed by atoms with E-state index < -0.39 is 12.1 Å². The highest BCUT2D eigenvalue weighted by Gasteiger charge is 2.32. The number of hydrogen-bond acceptors (Lipinski definition) is 4. The van der Waals surface area contributed by atoms with Gasteiger partial charge in [0.05, 0.1) is 12.5 Å². The second kappa shape index (κ2) is 5.14. The van der Waals surface area contributed by atoms with Crippen LogP contribution in [0, 0.1) is 11.8 Å². The van der Waals surface area contributed by atoms with E-state index in [2.05, 4.69) is 0 Å². The van der Waals surface area contributed by atoms with Gasteiger partial charge in [0, 0.05) is 6.42 Å². The van der Waals surface area contributed by atoms with Crippen molar-refractivity contribution in [2.75, 3.05) is 6.61 Å². The Hall–Kier alpha value is -1.06. The van der Waals surface area contributed by atoms with Gasteiger partial charge in [-0.1, -0.05) is 20.8 Å². The van der Waals surface area contributed by atoms with E-state index in [9.17, 15) is 9.59 Å². The largest absolute Gasteiger partial charge is 0.463 e. The van der Waals surface area contributed by atoms with Crippen LogP contribution in [0.15, 0.2) is 0 Å². The molecule has 15 heavy (non-hydrogen) atoms. The SMILES string of the molecule is CCC(C(=O)OC1CCOC1=O)C(C)C. The van der Waals surface area contributed by atoms with Crippen molar-refractivity contribution in [3.05, 3.63) is 0 Å². The highest BCUT2D eigenvalue weighted by molar-refractivity contribution is 5.81. The molecule has 4 heteroatoms. The molecule has 1 fully saturated rings. The average molecular weight is 214 g/mol. The quantitative estimate of drug-likeness (QED) is 0.666. The first-order valence-corrected chi connectivity index (χ1v) is 5.43. The zero-order valence-electron chi connectivity index (χ0n) is 9.49. The molecule has 0 aromatic carbocycles. The number of cyclic esters (lactones) is 1. The maximum atomic E-state index is 11.7. The molecule has 0 aromatic rings. The summed E-state index contributed by atoms with van der Waals surface area (Å²) in [6.45, 7) is 6.25. The summed E-state index contributed by atoms with van der Waals surface area (Å²) in [5, 5.41) is 0. The van der Waals surface area contributed by atoms with Gasteiger partial charge < -0.3 is 9.47 Å². The van der Waals surface area contributed by atoms with E-state index in [4.69, 9.17) is 9.47 Å². The second-order valence-corrected chi connectivity index (χ2v) is 4.14. The topological polar surface area (TPSA) is 52.6 Å². The van der Waals surface area contributed by atoms with Crippen molar-refractivity contribution in [3.8, 4) is 0 Å². The van der Waals surface area contributed by atoms with E-state index in [-0.39, 0.29) is 17.8 Å². The molecule has 0 bridgehead atoms. The van der Waals surface area contributed by atoms with Crippen LogP contribution in [0.1, 0.15) is 33.6 Å². The Balaban J connectivity index is 2.50. The first-order chi connectivity index (χ1) is 7.06. The fourth-order valence-electron chi connectivity index (χ4n) is 1.72. The van der Waals surface area contributed by atoms with Gasteiger partial charge in [-0.3, -0.25) is 4.79 Å². The highest BCUT2D eigenvalue weighted by Crippen LogP contribution is 2.19. The maximum Gasteiger partial charge on any atom is 0.347 e. The fourth-order valence-corrected chi connectivity index (χ4v) is 1.72. The molecule has 0 aromatic heterocycles. The summed E-state index contributed by atoms with van der Waals surface area (Å²) in [5.41, 5.74) is 0. The van der Waals surface area contributed by atoms with Crippen LogP contribution in [0.5, 0.6) is 0 Å². The molecule has 2 unspecified atom stereocenters. The first-order valence-electron chi connectivity index (χ1n) is 5.43. The maximum absolute atomic E-state index is 11.7. The Morgan fingerprint density at radius 1 is 1.60 bits per heavy atom. The van der Waals surface area contributed by atoms with Crippen molar-refractivity contribution in [2.24, 2.45) is 11.8 Å². The third-order valence-electron chi connectivity index (χ3n) is 2.69. The predicted molar refractivity (Wildman–Crippen MR) is 54.1 cm³/mol. The molecule has 0 aliphatic carbocycles. The summed E-state index contributed by atoms with van der Waals surface area (Å²) in [6.07, 6.45) is 0.544. The molecule has 1 aliphatic heterocycles. The number of hydrogen-bond donors (Lipinski definition) is 0. The van der Waals surface area contributed by atoms with Crippen LogP contribution in [0.2, 0.25) is 0 Å². The van der Waals surface area contributed by atoms with E-state index in [0.29, 0.717) is 13.0 Å². The fraction of sp³-hybridized carbons (Fsp3) is 0.818. The monoisotopic (exact) mass is 214 g/mol. The van der Waals surface area contributed by atoms with Crippen molar-refractivity contribution < 1.29 is 19.1 Å². The van der Waals surface area contributed by atoms with Gasteiger partial charge in [-0.05, 0) is 12.3 Å². The standard InChI is InChI=1S/C11H18O4/c1-4-8(7(2)3)10(12)15-9-5-6-14-11(9)13/h7-9H,4-6H2,1-3H3. The summed E-state index contributed by atoms with van der Waals surface area (Å²) < 4.78 is 9.85. The van der Waals surface area contributed by atoms with Gasteiger partial charge in [-0.15, -0.1) is 0 Å². The molecule has 0 saturated carbocycles. The van der Waals surface area contributed by atoms with Crippen LogP contribution < -0.4 is 0 Å². The molecule has 0 radical (unpaired) electrons. The third kappa shape index (κ3) is 2.94. The third-order valence-corrected chi connectivity index (χ3v) is 2.69. The van der Waals surface area contributed by atoms with Crippen molar-refractivity contribution in [2.45, 2.75) is 39.7 Å². The Kier molecular flexibility index (Phi) is 4.12. The molecule has 4 nitrogen and oxygen atoms in total. The molecule has 86 valence electrons. The summed E-state index contributed by atoms with van der Waals surface area (Å²) in [4.78, 5) is 22.8. The van der Waals surface area contributed by atoms with Gasteiger partial charge in [0.1, 0.15) is 0 Å². The number of ether oxygens (including phenoxy) is 2. The summed E-state index contributed by atoms with van der Waals surface area (Å²) >= 11 is 0. The lowest BCUT2D eigenvalue weighted by Gasteiger charge is -2.18. The molecule has 1 aliphatic rings. The molecule has 0 amide bonds. The number of carbonyl (C=O) groups excluding carboxylic acids is 2. The minimum absolute atomic E-state index is 0.126. The minimum Gasteiger partial charge on any atom is -0.463 e. The summed E-state index contributed by atoms with van der Waals surface area (Å²) in [6, 6.07) is 0. The second-order valence-electron chi connectivity index (χ2n) is 4.14. The van der Waals surface area contributed by atoms with E-state index in [0.717, 1.165) is 6.42 Å². The van der Waals surface area contributed by atoms with E-state index in [1.165, 1.54) is 0 Å². The van der Waals surface area contributed by atoms with Gasteiger partial charge >= 0.3 is 11.9 Å². The zero-order valence-corrected chi connectivity index (χ0v) is 9.49. The molecule has 1 saturated heterocycles. The van der Waals surface area contributed by atoms with Crippen LogP contribution in [-0.2, 0) is 19.1 Å². The Labute approximate surface area is 89.9 Å². The van der Waals surface area contributed by atoms with E-state index in [1.54, 1.807) is 0 Å². The van der Waals surface area contributed by atoms with Gasteiger partial charge in [0.25, 0.3) is 0 Å². The molecular formula is C11H18O4. The van der Waals surface area contributed by atoms with Gasteiger partial charge in [0.2, 0.25) is 6.10 Å². The van der Waals surface area contributed by atoms with Crippen molar-refractivity contribution in [3.63, 3.8) is 0 Å². The molecular weight excluding hydrogens is 196 g/mol. The van der Waals surface area contributed by atoms with Crippen LogP contribution in [0.25, 0.3) is 0 Å². The Morgan fingerprint density at radius 2 is 2.27 bits per heavy atom. The number of carbonyl (C=O) groups is 2. The smallest absolute Gasteiger partial charge is 0.347 e. The predicted octanol–water partition coefficient (Wildman–Crippen LogP) is 1.53. The van der Waals surface area contributed by atoms with Crippen LogP contribution >= 0.6 is 0 Å². The summed E-state index contributed by atoms with van der Waals surface area (Å²) in [5.74, 6) is -0.586. The van der Waals surface area contributed by atoms with Crippen molar-refractivity contribution in [1.29, 1.82) is 0 Å². The lowest BCUT2D eigenvalue weighted by molar-refractivity contribution is -0.164. The molecule has 1 heterocycles. The van der Waals surface area contributed by atoms with Crippen LogP contribution in [0.3, 0.4) is 0 Å². The van der Waals surface area contributed by atoms with Crippen molar-refractivity contribution in [1.82, 2.24) is 0 Å². The molecule has 0 N–H and O–H groups in total. The van der Waals surface area contributed by atoms with E-state index in [1.807, 2.05) is 20.8 Å². The molecule has 0 spiro atoms. The Morgan fingerprint density at radius 3 is 2.67 bits per heavy atom.